The van der Waals surface area contributed by atoms with Gasteiger partial charge >= 0.3 is 0 Å². The average molecular weight is 339 g/mol. The molecule has 1 unspecified atom stereocenters. The summed E-state index contributed by atoms with van der Waals surface area (Å²) in [6, 6.07) is 9.41. The van der Waals surface area contributed by atoms with Crippen molar-refractivity contribution in [2.75, 3.05) is 20.1 Å². The lowest BCUT2D eigenvalue weighted by atomic mass is 9.86. The summed E-state index contributed by atoms with van der Waals surface area (Å²) in [5.41, 5.74) is 1.74. The van der Waals surface area contributed by atoms with E-state index < -0.39 is 0 Å². The van der Waals surface area contributed by atoms with Crippen molar-refractivity contribution in [2.45, 2.75) is 45.7 Å². The van der Waals surface area contributed by atoms with E-state index >= 15 is 0 Å². The molecule has 112 valence electrons. The average Bonchev–Trinajstić information content (AvgIpc) is 3.20. The minimum absolute atomic E-state index is 0.364. The van der Waals surface area contributed by atoms with Gasteiger partial charge < -0.3 is 10.2 Å². The van der Waals surface area contributed by atoms with E-state index in [1.807, 2.05) is 0 Å². The van der Waals surface area contributed by atoms with Gasteiger partial charge in [0.2, 0.25) is 0 Å². The van der Waals surface area contributed by atoms with Gasteiger partial charge in [0, 0.05) is 30.1 Å². The molecular formula is C17H27BrN2. The van der Waals surface area contributed by atoms with Gasteiger partial charge in [-0.15, -0.1) is 0 Å². The Morgan fingerprint density at radius 3 is 2.75 bits per heavy atom. The molecule has 20 heavy (non-hydrogen) atoms. The van der Waals surface area contributed by atoms with E-state index in [9.17, 15) is 0 Å². The van der Waals surface area contributed by atoms with E-state index in [4.69, 9.17) is 0 Å². The Bertz CT molecular complexity index is 431. The highest BCUT2D eigenvalue weighted by molar-refractivity contribution is 9.10. The molecule has 0 aromatic heterocycles. The summed E-state index contributed by atoms with van der Waals surface area (Å²) < 4.78 is 1.16. The van der Waals surface area contributed by atoms with Crippen molar-refractivity contribution in [3.8, 4) is 0 Å². The van der Waals surface area contributed by atoms with E-state index in [-0.39, 0.29) is 0 Å². The molecule has 0 amide bonds. The number of nitrogens with one attached hydrogen (secondary N) is 1. The fourth-order valence-electron chi connectivity index (χ4n) is 2.63. The van der Waals surface area contributed by atoms with E-state index in [2.05, 4.69) is 71.3 Å². The quantitative estimate of drug-likeness (QED) is 0.769. The summed E-state index contributed by atoms with van der Waals surface area (Å²) in [6.07, 6.45) is 3.96. The Labute approximate surface area is 132 Å². The zero-order chi connectivity index (χ0) is 14.6. The molecule has 0 bridgehead atoms. The van der Waals surface area contributed by atoms with Gasteiger partial charge in [-0.05, 0) is 49.4 Å². The van der Waals surface area contributed by atoms with Gasteiger partial charge in [-0.1, -0.05) is 41.9 Å². The molecule has 1 fully saturated rings. The van der Waals surface area contributed by atoms with Gasteiger partial charge in [0.05, 0.1) is 0 Å². The summed E-state index contributed by atoms with van der Waals surface area (Å²) in [6.45, 7) is 7.99. The second-order valence-corrected chi connectivity index (χ2v) is 7.54. The van der Waals surface area contributed by atoms with Crippen LogP contribution in [0.1, 0.15) is 38.7 Å². The molecule has 0 aliphatic heterocycles. The highest BCUT2D eigenvalue weighted by Gasteiger charge is 2.28. The third kappa shape index (κ3) is 5.19. The SMILES string of the molecule is CCC(C)(CNC1CC1)CN(C)Cc1cccc(Br)c1. The molecule has 1 atom stereocenters. The molecular weight excluding hydrogens is 312 g/mol. The first-order chi connectivity index (χ1) is 9.50. The van der Waals surface area contributed by atoms with Crippen molar-refractivity contribution in [3.63, 3.8) is 0 Å². The van der Waals surface area contributed by atoms with Crippen LogP contribution in [0.15, 0.2) is 28.7 Å². The predicted molar refractivity (Wildman–Crippen MR) is 89.9 cm³/mol. The van der Waals surface area contributed by atoms with E-state index in [1.165, 1.54) is 24.8 Å². The maximum atomic E-state index is 3.69. The Morgan fingerprint density at radius 2 is 2.15 bits per heavy atom. The van der Waals surface area contributed by atoms with Crippen molar-refractivity contribution in [1.82, 2.24) is 10.2 Å². The molecule has 1 aliphatic rings. The smallest absolute Gasteiger partial charge is 0.0231 e. The van der Waals surface area contributed by atoms with Crippen LogP contribution in [0.3, 0.4) is 0 Å². The zero-order valence-electron chi connectivity index (χ0n) is 13.0. The minimum Gasteiger partial charge on any atom is -0.313 e. The van der Waals surface area contributed by atoms with Crippen LogP contribution in [-0.4, -0.2) is 31.1 Å². The molecule has 1 N–H and O–H groups in total. The van der Waals surface area contributed by atoms with Crippen molar-refractivity contribution in [3.05, 3.63) is 34.3 Å². The van der Waals surface area contributed by atoms with Crippen molar-refractivity contribution in [2.24, 2.45) is 5.41 Å². The lowest BCUT2D eigenvalue weighted by Gasteiger charge is -2.33. The molecule has 1 aromatic rings. The van der Waals surface area contributed by atoms with E-state index in [1.54, 1.807) is 0 Å². The summed E-state index contributed by atoms with van der Waals surface area (Å²) in [4.78, 5) is 2.44. The molecule has 0 heterocycles. The second kappa shape index (κ2) is 7.06. The molecule has 0 radical (unpaired) electrons. The monoisotopic (exact) mass is 338 g/mol. The zero-order valence-corrected chi connectivity index (χ0v) is 14.5. The highest BCUT2D eigenvalue weighted by atomic mass is 79.9. The number of hydrogen-bond donors (Lipinski definition) is 1. The predicted octanol–water partition coefficient (Wildman–Crippen LogP) is 4.05. The summed E-state index contributed by atoms with van der Waals surface area (Å²) in [7, 11) is 2.23. The first-order valence-electron chi connectivity index (χ1n) is 7.67. The molecule has 1 aliphatic carbocycles. The first-order valence-corrected chi connectivity index (χ1v) is 8.46. The molecule has 0 saturated heterocycles. The number of hydrogen-bond acceptors (Lipinski definition) is 2. The van der Waals surface area contributed by atoms with Crippen LogP contribution in [0.25, 0.3) is 0 Å². The van der Waals surface area contributed by atoms with Crippen molar-refractivity contribution >= 4 is 15.9 Å². The Morgan fingerprint density at radius 1 is 1.40 bits per heavy atom. The van der Waals surface area contributed by atoms with Crippen molar-refractivity contribution in [1.29, 1.82) is 0 Å². The number of halogens is 1. The van der Waals surface area contributed by atoms with Crippen LogP contribution in [0.4, 0.5) is 0 Å². The van der Waals surface area contributed by atoms with Crippen LogP contribution in [0.2, 0.25) is 0 Å². The minimum atomic E-state index is 0.364. The molecule has 2 nitrogen and oxygen atoms in total. The van der Waals surface area contributed by atoms with Crippen LogP contribution >= 0.6 is 15.9 Å². The fraction of sp³-hybridized carbons (Fsp3) is 0.647. The maximum Gasteiger partial charge on any atom is 0.0231 e. The first kappa shape index (κ1) is 16.0. The van der Waals surface area contributed by atoms with E-state index in [0.717, 1.165) is 30.1 Å². The summed E-state index contributed by atoms with van der Waals surface area (Å²) in [5, 5.41) is 3.69. The molecule has 1 saturated carbocycles. The second-order valence-electron chi connectivity index (χ2n) is 6.62. The van der Waals surface area contributed by atoms with Gasteiger partial charge in [0.15, 0.2) is 0 Å². The van der Waals surface area contributed by atoms with Gasteiger partial charge in [-0.2, -0.15) is 0 Å². The Hall–Kier alpha value is -0.380. The fourth-order valence-corrected chi connectivity index (χ4v) is 3.07. The van der Waals surface area contributed by atoms with Gasteiger partial charge in [0.1, 0.15) is 0 Å². The number of rotatable bonds is 8. The number of benzene rings is 1. The third-order valence-electron chi connectivity index (χ3n) is 4.24. The lowest BCUT2D eigenvalue weighted by Crippen LogP contribution is -2.41. The van der Waals surface area contributed by atoms with Gasteiger partial charge in [0.25, 0.3) is 0 Å². The molecule has 2 rings (SSSR count). The highest BCUT2D eigenvalue weighted by Crippen LogP contribution is 2.25. The Balaban J connectivity index is 1.85. The summed E-state index contributed by atoms with van der Waals surface area (Å²) >= 11 is 3.55. The Kier molecular flexibility index (Phi) is 5.65. The van der Waals surface area contributed by atoms with Gasteiger partial charge in [-0.25, -0.2) is 0 Å². The van der Waals surface area contributed by atoms with Crippen molar-refractivity contribution < 1.29 is 0 Å². The molecule has 0 spiro atoms. The topological polar surface area (TPSA) is 15.3 Å². The van der Waals surface area contributed by atoms with E-state index in [0.29, 0.717) is 5.41 Å². The number of nitrogens with zero attached hydrogens (tertiary/aromatic N) is 1. The third-order valence-corrected chi connectivity index (χ3v) is 4.73. The van der Waals surface area contributed by atoms with Crippen LogP contribution in [-0.2, 0) is 6.54 Å². The maximum absolute atomic E-state index is 3.69. The van der Waals surface area contributed by atoms with Gasteiger partial charge in [-0.3, -0.25) is 0 Å². The van der Waals surface area contributed by atoms with Crippen LogP contribution in [0.5, 0.6) is 0 Å². The largest absolute Gasteiger partial charge is 0.313 e. The lowest BCUT2D eigenvalue weighted by molar-refractivity contribution is 0.174. The van der Waals surface area contributed by atoms with Crippen LogP contribution in [0, 0.1) is 5.41 Å². The standard InChI is InChI=1S/C17H27BrN2/c1-4-17(2,12-19-16-8-9-16)13-20(3)11-14-6-5-7-15(18)10-14/h5-7,10,16,19H,4,8-9,11-13H2,1-3H3. The normalized spacial score (nSPS) is 18.2. The summed E-state index contributed by atoms with van der Waals surface area (Å²) in [5.74, 6) is 0. The molecule has 1 aromatic carbocycles. The molecule has 3 heteroatoms. The van der Waals surface area contributed by atoms with Crippen LogP contribution < -0.4 is 5.32 Å².